The molecule has 10 nitrogen and oxygen atoms in total. The van der Waals surface area contributed by atoms with E-state index in [1.54, 1.807) is 9.80 Å². The van der Waals surface area contributed by atoms with Crippen LogP contribution in [0.3, 0.4) is 0 Å². The van der Waals surface area contributed by atoms with E-state index in [1.165, 1.54) is 5.06 Å². The minimum absolute atomic E-state index is 0.0312. The van der Waals surface area contributed by atoms with E-state index >= 15 is 0 Å². The van der Waals surface area contributed by atoms with Gasteiger partial charge in [0.1, 0.15) is 18.2 Å². The lowest BCUT2D eigenvalue weighted by molar-refractivity contribution is -0.140. The molecule has 2 bridgehead atoms. The summed E-state index contributed by atoms with van der Waals surface area (Å²) < 4.78 is 11.4. The molecule has 1 aromatic carbocycles. The molecular weight excluding hydrogens is 438 g/mol. The first-order valence-electron chi connectivity index (χ1n) is 11.8. The molecule has 3 amide bonds. The number of likely N-dealkylation sites (tertiary alicyclic amines) is 1. The summed E-state index contributed by atoms with van der Waals surface area (Å²) in [5.41, 5.74) is 0.517. The van der Waals surface area contributed by atoms with Crippen LogP contribution in [-0.4, -0.2) is 68.5 Å². The standard InChI is InChI=1S/C24H31N5O5/c1-24(2,3)34-23(31)27-12-17(13-27)11-20-25-26-21(33-20)19-10-9-18-14-28(19)22(30)29(18)32-15-16-7-5-4-6-8-16/h4-8,17-19H,9-15H2,1-3H3/t18-,19+/m1/s1. The molecular formula is C24H31N5O5. The van der Waals surface area contributed by atoms with Crippen molar-refractivity contribution < 1.29 is 23.6 Å². The predicted octanol–water partition coefficient (Wildman–Crippen LogP) is 3.55. The van der Waals surface area contributed by atoms with Crippen LogP contribution < -0.4 is 0 Å². The van der Waals surface area contributed by atoms with Crippen molar-refractivity contribution in [3.63, 3.8) is 0 Å². The maximum Gasteiger partial charge on any atom is 0.410 e. The maximum absolute atomic E-state index is 13.0. The topological polar surface area (TPSA) is 101 Å². The number of fused-ring (bicyclic) bond motifs is 2. The number of rotatable bonds is 6. The van der Waals surface area contributed by atoms with Crippen LogP contribution in [0.2, 0.25) is 0 Å². The number of carbonyl (C=O) groups excluding carboxylic acids is 2. The number of carbonyl (C=O) groups is 2. The Labute approximate surface area is 198 Å². The van der Waals surface area contributed by atoms with Gasteiger partial charge in [-0.2, -0.15) is 5.06 Å². The summed E-state index contributed by atoms with van der Waals surface area (Å²) >= 11 is 0. The van der Waals surface area contributed by atoms with Crippen molar-refractivity contribution in [2.45, 2.75) is 64.3 Å². The summed E-state index contributed by atoms with van der Waals surface area (Å²) in [6, 6.07) is 9.44. The molecule has 10 heteroatoms. The first-order valence-corrected chi connectivity index (χ1v) is 11.8. The molecule has 0 aliphatic carbocycles. The first kappa shape index (κ1) is 22.6. The molecule has 34 heavy (non-hydrogen) atoms. The Bertz CT molecular complexity index is 1030. The minimum atomic E-state index is -0.502. The molecule has 3 fully saturated rings. The molecule has 182 valence electrons. The third-order valence-corrected chi connectivity index (χ3v) is 6.38. The summed E-state index contributed by atoms with van der Waals surface area (Å²) in [5.74, 6) is 1.26. The molecule has 1 aromatic heterocycles. The number of benzene rings is 1. The van der Waals surface area contributed by atoms with Gasteiger partial charge in [0.25, 0.3) is 0 Å². The largest absolute Gasteiger partial charge is 0.444 e. The van der Waals surface area contributed by atoms with E-state index in [9.17, 15) is 9.59 Å². The summed E-state index contributed by atoms with van der Waals surface area (Å²) in [4.78, 5) is 34.4. The van der Waals surface area contributed by atoms with Crippen LogP contribution in [0.25, 0.3) is 0 Å². The number of piperidine rings is 1. The molecule has 0 radical (unpaired) electrons. The van der Waals surface area contributed by atoms with Gasteiger partial charge in [0, 0.05) is 32.0 Å². The second kappa shape index (κ2) is 8.90. The third kappa shape index (κ3) is 4.72. The number of amides is 3. The fourth-order valence-electron chi connectivity index (χ4n) is 4.68. The third-order valence-electron chi connectivity index (χ3n) is 6.38. The Morgan fingerprint density at radius 2 is 1.88 bits per heavy atom. The zero-order valence-corrected chi connectivity index (χ0v) is 19.8. The molecule has 4 heterocycles. The number of hydroxylamine groups is 2. The normalized spacial score (nSPS) is 22.8. The van der Waals surface area contributed by atoms with Crippen molar-refractivity contribution in [3.8, 4) is 0 Å². The molecule has 2 atom stereocenters. The zero-order valence-electron chi connectivity index (χ0n) is 19.8. The van der Waals surface area contributed by atoms with E-state index in [-0.39, 0.29) is 30.1 Å². The molecule has 0 saturated carbocycles. The number of hydrogen-bond acceptors (Lipinski definition) is 7. The van der Waals surface area contributed by atoms with Crippen LogP contribution in [0, 0.1) is 5.92 Å². The average Bonchev–Trinajstić information content (AvgIpc) is 3.32. The highest BCUT2D eigenvalue weighted by molar-refractivity contribution is 5.77. The highest BCUT2D eigenvalue weighted by atomic mass is 16.7. The molecule has 5 rings (SSSR count). The molecule has 3 aliphatic rings. The van der Waals surface area contributed by atoms with Gasteiger partial charge in [0.15, 0.2) is 0 Å². The number of hydrogen-bond donors (Lipinski definition) is 0. The van der Waals surface area contributed by atoms with Crippen LogP contribution in [0.15, 0.2) is 34.7 Å². The zero-order chi connectivity index (χ0) is 23.9. The number of urea groups is 1. The fourth-order valence-corrected chi connectivity index (χ4v) is 4.68. The van der Waals surface area contributed by atoms with Crippen molar-refractivity contribution in [2.24, 2.45) is 5.92 Å². The molecule has 0 unspecified atom stereocenters. The fraction of sp³-hybridized carbons (Fsp3) is 0.583. The number of ether oxygens (including phenoxy) is 1. The molecule has 2 aromatic rings. The first-order chi connectivity index (χ1) is 16.3. The lowest BCUT2D eigenvalue weighted by Gasteiger charge is -2.39. The minimum Gasteiger partial charge on any atom is -0.444 e. The Morgan fingerprint density at radius 1 is 1.12 bits per heavy atom. The van der Waals surface area contributed by atoms with Gasteiger partial charge in [0.2, 0.25) is 11.8 Å². The van der Waals surface area contributed by atoms with Gasteiger partial charge in [-0.1, -0.05) is 30.3 Å². The van der Waals surface area contributed by atoms with Gasteiger partial charge >= 0.3 is 12.1 Å². The SMILES string of the molecule is CC(C)(C)OC(=O)N1CC(Cc2nnc([C@@H]3CC[C@@H]4CN3C(=O)N4OCc3ccccc3)o2)C1. The number of nitrogens with zero attached hydrogens (tertiary/aromatic N) is 5. The second-order valence-corrected chi connectivity index (χ2v) is 10.3. The Kier molecular flexibility index (Phi) is 5.93. The Balaban J connectivity index is 1.14. The van der Waals surface area contributed by atoms with Crippen molar-refractivity contribution in [2.75, 3.05) is 19.6 Å². The lowest BCUT2D eigenvalue weighted by atomic mass is 9.97. The molecule has 0 N–H and O–H groups in total. The van der Waals surface area contributed by atoms with E-state index in [0.29, 0.717) is 44.4 Å². The second-order valence-electron chi connectivity index (χ2n) is 10.3. The smallest absolute Gasteiger partial charge is 0.410 e. The highest BCUT2D eigenvalue weighted by Gasteiger charge is 2.48. The molecule has 0 spiro atoms. The lowest BCUT2D eigenvalue weighted by Crippen LogP contribution is -2.52. The van der Waals surface area contributed by atoms with E-state index in [2.05, 4.69) is 10.2 Å². The van der Waals surface area contributed by atoms with Crippen LogP contribution in [-0.2, 0) is 22.6 Å². The van der Waals surface area contributed by atoms with Gasteiger partial charge in [-0.15, -0.1) is 10.2 Å². The van der Waals surface area contributed by atoms with E-state index < -0.39 is 5.60 Å². The Hall–Kier alpha value is -3.14. The summed E-state index contributed by atoms with van der Waals surface area (Å²) in [6.07, 6.45) is 1.87. The van der Waals surface area contributed by atoms with Crippen LogP contribution >= 0.6 is 0 Å². The van der Waals surface area contributed by atoms with Gasteiger partial charge in [0.05, 0.1) is 6.04 Å². The predicted molar refractivity (Wildman–Crippen MR) is 120 cm³/mol. The molecule has 3 saturated heterocycles. The quantitative estimate of drug-likeness (QED) is 0.638. The average molecular weight is 470 g/mol. The van der Waals surface area contributed by atoms with Gasteiger partial charge in [-0.25, -0.2) is 9.59 Å². The maximum atomic E-state index is 13.0. The van der Waals surface area contributed by atoms with E-state index in [4.69, 9.17) is 14.0 Å². The van der Waals surface area contributed by atoms with E-state index in [1.807, 2.05) is 51.1 Å². The van der Waals surface area contributed by atoms with Crippen LogP contribution in [0.5, 0.6) is 0 Å². The monoisotopic (exact) mass is 469 g/mol. The summed E-state index contributed by atoms with van der Waals surface area (Å²) in [5, 5.41) is 9.96. The van der Waals surface area contributed by atoms with Gasteiger partial charge in [-0.05, 0) is 39.2 Å². The van der Waals surface area contributed by atoms with Crippen molar-refractivity contribution >= 4 is 12.1 Å². The van der Waals surface area contributed by atoms with Crippen molar-refractivity contribution in [3.05, 3.63) is 47.7 Å². The van der Waals surface area contributed by atoms with Gasteiger partial charge in [-0.3, -0.25) is 4.84 Å². The number of aromatic nitrogens is 2. The highest BCUT2D eigenvalue weighted by Crippen LogP contribution is 2.38. The van der Waals surface area contributed by atoms with Crippen LogP contribution in [0.1, 0.15) is 57.0 Å². The summed E-state index contributed by atoms with van der Waals surface area (Å²) in [6.45, 7) is 7.73. The Morgan fingerprint density at radius 3 is 2.62 bits per heavy atom. The van der Waals surface area contributed by atoms with E-state index in [0.717, 1.165) is 18.4 Å². The summed E-state index contributed by atoms with van der Waals surface area (Å²) in [7, 11) is 0. The van der Waals surface area contributed by atoms with Crippen molar-refractivity contribution in [1.82, 2.24) is 25.1 Å². The van der Waals surface area contributed by atoms with Crippen molar-refractivity contribution in [1.29, 1.82) is 0 Å². The van der Waals surface area contributed by atoms with Crippen LogP contribution in [0.4, 0.5) is 9.59 Å². The van der Waals surface area contributed by atoms with Gasteiger partial charge < -0.3 is 19.0 Å². The molecule has 3 aliphatic heterocycles.